The van der Waals surface area contributed by atoms with Gasteiger partial charge in [0.05, 0.1) is 10.5 Å². The molecule has 82 valence electrons. The van der Waals surface area contributed by atoms with Gasteiger partial charge in [-0.3, -0.25) is 20.3 Å². The molecular formula is C8H7N5O3. The van der Waals surface area contributed by atoms with Gasteiger partial charge in [0.15, 0.2) is 0 Å². The molecule has 0 fully saturated rings. The average Bonchev–Trinajstić information content (AvgIpc) is 2.70. The van der Waals surface area contributed by atoms with Crippen molar-refractivity contribution < 1.29 is 9.72 Å². The van der Waals surface area contributed by atoms with E-state index in [0.29, 0.717) is 11.0 Å². The number of hydrazine groups is 1. The normalized spacial score (nSPS) is 10.3. The van der Waals surface area contributed by atoms with E-state index in [1.54, 1.807) is 0 Å². The summed E-state index contributed by atoms with van der Waals surface area (Å²) < 4.78 is 0. The molecule has 0 aliphatic heterocycles. The smallest absolute Gasteiger partial charge is 0.288 e. The predicted octanol–water partition coefficient (Wildman–Crippen LogP) is 0.0746. The second kappa shape index (κ2) is 3.59. The molecule has 2 rings (SSSR count). The second-order valence-corrected chi connectivity index (χ2v) is 3.02. The third-order valence-corrected chi connectivity index (χ3v) is 2.10. The van der Waals surface area contributed by atoms with E-state index in [2.05, 4.69) is 9.97 Å². The predicted molar refractivity (Wildman–Crippen MR) is 54.4 cm³/mol. The molecule has 0 bridgehead atoms. The Kier molecular flexibility index (Phi) is 2.25. The maximum Gasteiger partial charge on any atom is 0.288 e. The lowest BCUT2D eigenvalue weighted by Crippen LogP contribution is -2.29. The lowest BCUT2D eigenvalue weighted by atomic mass is 10.2. The Balaban J connectivity index is 2.64. The highest BCUT2D eigenvalue weighted by Gasteiger charge is 2.15. The number of aromatic amines is 1. The summed E-state index contributed by atoms with van der Waals surface area (Å²) in [6, 6.07) is 1.27. The minimum atomic E-state index is -0.580. The third kappa shape index (κ3) is 1.46. The maximum absolute atomic E-state index is 11.3. The van der Waals surface area contributed by atoms with Crippen LogP contribution in [0.1, 0.15) is 10.4 Å². The van der Waals surface area contributed by atoms with E-state index in [1.807, 2.05) is 5.43 Å². The zero-order valence-electron chi connectivity index (χ0n) is 7.93. The highest BCUT2D eigenvalue weighted by atomic mass is 16.6. The number of H-pyrrole nitrogens is 1. The molecule has 0 aromatic carbocycles. The first-order chi connectivity index (χ1) is 7.63. The number of nitrogens with zero attached hydrogens (tertiary/aromatic N) is 2. The Labute approximate surface area is 88.6 Å². The fourth-order valence-electron chi connectivity index (χ4n) is 1.36. The molecule has 0 radical (unpaired) electrons. The summed E-state index contributed by atoms with van der Waals surface area (Å²) in [6.45, 7) is 0. The van der Waals surface area contributed by atoms with Crippen molar-refractivity contribution in [1.82, 2.24) is 15.4 Å². The van der Waals surface area contributed by atoms with Gasteiger partial charge < -0.3 is 4.98 Å². The fraction of sp³-hybridized carbons (Fsp3) is 0. The number of rotatable bonds is 2. The van der Waals surface area contributed by atoms with E-state index in [0.717, 1.165) is 6.20 Å². The number of nitrogens with two attached hydrogens (primary N) is 1. The van der Waals surface area contributed by atoms with Gasteiger partial charge in [-0.15, -0.1) is 0 Å². The van der Waals surface area contributed by atoms with Gasteiger partial charge in [-0.2, -0.15) is 0 Å². The summed E-state index contributed by atoms with van der Waals surface area (Å²) >= 11 is 0. The molecule has 0 spiro atoms. The van der Waals surface area contributed by atoms with Crippen molar-refractivity contribution in [3.8, 4) is 0 Å². The van der Waals surface area contributed by atoms with Crippen molar-refractivity contribution in [3.05, 3.63) is 34.1 Å². The zero-order valence-corrected chi connectivity index (χ0v) is 7.93. The van der Waals surface area contributed by atoms with Gasteiger partial charge >= 0.3 is 0 Å². The van der Waals surface area contributed by atoms with Crippen molar-refractivity contribution in [2.45, 2.75) is 0 Å². The molecule has 2 heterocycles. The number of aromatic nitrogens is 2. The molecule has 0 aliphatic carbocycles. The first kappa shape index (κ1) is 10.1. The summed E-state index contributed by atoms with van der Waals surface area (Å²) in [4.78, 5) is 27.8. The van der Waals surface area contributed by atoms with Crippen molar-refractivity contribution in [3.63, 3.8) is 0 Å². The number of fused-ring (bicyclic) bond motifs is 1. The largest absolute Gasteiger partial charge is 0.345 e. The van der Waals surface area contributed by atoms with Crippen LogP contribution in [0.15, 0.2) is 18.5 Å². The lowest BCUT2D eigenvalue weighted by molar-refractivity contribution is -0.385. The Hall–Kier alpha value is -2.48. The molecular weight excluding hydrogens is 214 g/mol. The van der Waals surface area contributed by atoms with E-state index in [-0.39, 0.29) is 11.3 Å². The van der Waals surface area contributed by atoms with E-state index in [4.69, 9.17) is 5.84 Å². The van der Waals surface area contributed by atoms with Gasteiger partial charge in [0.2, 0.25) is 0 Å². The first-order valence-electron chi connectivity index (χ1n) is 4.26. The van der Waals surface area contributed by atoms with Crippen LogP contribution in [0.25, 0.3) is 11.0 Å². The Morgan fingerprint density at radius 2 is 2.38 bits per heavy atom. The average molecular weight is 221 g/mol. The monoisotopic (exact) mass is 221 g/mol. The first-order valence-corrected chi connectivity index (χ1v) is 4.26. The molecule has 8 heteroatoms. The van der Waals surface area contributed by atoms with E-state index in [1.165, 1.54) is 12.3 Å². The molecule has 8 nitrogen and oxygen atoms in total. The molecule has 0 saturated carbocycles. The number of hydrogen-bond acceptors (Lipinski definition) is 5. The van der Waals surface area contributed by atoms with Gasteiger partial charge in [0.25, 0.3) is 11.6 Å². The number of nitrogen functional groups attached to an aromatic ring is 1. The van der Waals surface area contributed by atoms with Crippen molar-refractivity contribution >= 4 is 22.6 Å². The van der Waals surface area contributed by atoms with Crippen molar-refractivity contribution in [2.24, 2.45) is 5.84 Å². The number of carbonyl (C=O) groups excluding carboxylic acids is 1. The van der Waals surface area contributed by atoms with E-state index < -0.39 is 10.8 Å². The summed E-state index contributed by atoms with van der Waals surface area (Å²) in [5, 5.41) is 10.9. The van der Waals surface area contributed by atoms with Crippen LogP contribution in [-0.2, 0) is 0 Å². The lowest BCUT2D eigenvalue weighted by Gasteiger charge is -1.96. The summed E-state index contributed by atoms with van der Waals surface area (Å²) in [5.41, 5.74) is 2.38. The minimum absolute atomic E-state index is 0.182. The molecule has 0 aliphatic rings. The molecule has 16 heavy (non-hydrogen) atoms. The molecule has 4 N–H and O–H groups in total. The maximum atomic E-state index is 11.3. The molecule has 0 unspecified atom stereocenters. The Bertz CT molecular complexity index is 576. The molecule has 2 aromatic rings. The van der Waals surface area contributed by atoms with Gasteiger partial charge in [-0.1, -0.05) is 0 Å². The molecule has 0 saturated heterocycles. The minimum Gasteiger partial charge on any atom is -0.345 e. The fourth-order valence-corrected chi connectivity index (χ4v) is 1.36. The van der Waals surface area contributed by atoms with Crippen LogP contribution in [0, 0.1) is 10.1 Å². The Morgan fingerprint density at radius 1 is 1.62 bits per heavy atom. The number of nitrogens with one attached hydrogen (secondary N) is 2. The number of hydrogen-bond donors (Lipinski definition) is 3. The van der Waals surface area contributed by atoms with Crippen LogP contribution < -0.4 is 11.3 Å². The topological polar surface area (TPSA) is 127 Å². The third-order valence-electron chi connectivity index (χ3n) is 2.10. The summed E-state index contributed by atoms with van der Waals surface area (Å²) in [7, 11) is 0. The standard InChI is InChI=1S/C8H7N5O3/c9-12-8(14)6-3-11-7-5(6)1-4(2-10-7)13(15)16/h1-3H,9H2,(H,10,11)(H,12,14). The highest BCUT2D eigenvalue weighted by Crippen LogP contribution is 2.21. The van der Waals surface area contributed by atoms with Gasteiger partial charge in [-0.05, 0) is 0 Å². The van der Waals surface area contributed by atoms with Crippen molar-refractivity contribution in [2.75, 3.05) is 0 Å². The van der Waals surface area contributed by atoms with E-state index >= 15 is 0 Å². The number of pyridine rings is 1. The highest BCUT2D eigenvalue weighted by molar-refractivity contribution is 6.06. The van der Waals surface area contributed by atoms with Crippen molar-refractivity contribution in [1.29, 1.82) is 0 Å². The van der Waals surface area contributed by atoms with Gasteiger partial charge in [0.1, 0.15) is 11.8 Å². The van der Waals surface area contributed by atoms with Gasteiger partial charge in [-0.25, -0.2) is 10.8 Å². The van der Waals surface area contributed by atoms with Crippen LogP contribution in [0.5, 0.6) is 0 Å². The summed E-state index contributed by atoms with van der Waals surface area (Å²) in [6.07, 6.45) is 2.51. The van der Waals surface area contributed by atoms with Crippen LogP contribution in [-0.4, -0.2) is 20.8 Å². The van der Waals surface area contributed by atoms with E-state index in [9.17, 15) is 14.9 Å². The molecule has 2 aromatic heterocycles. The van der Waals surface area contributed by atoms with Crippen LogP contribution >= 0.6 is 0 Å². The van der Waals surface area contributed by atoms with Crippen LogP contribution in [0.3, 0.4) is 0 Å². The zero-order chi connectivity index (χ0) is 11.7. The second-order valence-electron chi connectivity index (χ2n) is 3.02. The molecule has 0 atom stereocenters. The van der Waals surface area contributed by atoms with Gasteiger partial charge in [0, 0.05) is 17.6 Å². The number of amides is 1. The quantitative estimate of drug-likeness (QED) is 0.286. The van der Waals surface area contributed by atoms with Crippen LogP contribution in [0.2, 0.25) is 0 Å². The number of carbonyl (C=O) groups is 1. The summed E-state index contributed by atoms with van der Waals surface area (Å²) in [5.74, 6) is 4.45. The number of nitro groups is 1. The van der Waals surface area contributed by atoms with Crippen LogP contribution in [0.4, 0.5) is 5.69 Å². The Morgan fingerprint density at radius 3 is 3.00 bits per heavy atom. The SMILES string of the molecule is NNC(=O)c1c[nH]c2ncc([N+](=O)[O-])cc12. The molecule has 1 amide bonds.